The highest BCUT2D eigenvalue weighted by atomic mass is 32.2. The van der Waals surface area contributed by atoms with Gasteiger partial charge in [0, 0.05) is 5.54 Å². The van der Waals surface area contributed by atoms with Gasteiger partial charge in [-0.3, -0.25) is 4.55 Å². The van der Waals surface area contributed by atoms with Crippen molar-refractivity contribution in [2.75, 3.05) is 0 Å². The van der Waals surface area contributed by atoms with Crippen LogP contribution in [0.5, 0.6) is 0 Å². The number of unbranched alkanes of at least 4 members (excludes halogenated alkanes) is 15. The average Bonchev–Trinajstić information content (AvgIpc) is 2.59. The van der Waals surface area contributed by atoms with Crippen LogP contribution >= 0.6 is 0 Å². The molecule has 0 fully saturated rings. The van der Waals surface area contributed by atoms with E-state index in [4.69, 9.17) is 5.73 Å². The Morgan fingerprint density at radius 3 is 1.18 bits per heavy atom. The molecule has 0 aliphatic carbocycles. The minimum absolute atomic E-state index is 0.410. The summed E-state index contributed by atoms with van der Waals surface area (Å²) in [5, 5.41) is 0. The van der Waals surface area contributed by atoms with E-state index in [1.807, 2.05) is 0 Å². The van der Waals surface area contributed by atoms with Gasteiger partial charge in [-0.15, -0.1) is 0 Å². The van der Waals surface area contributed by atoms with Crippen LogP contribution < -0.4 is 5.73 Å². The molecule has 5 heteroatoms. The molecule has 3 N–H and O–H groups in total. The van der Waals surface area contributed by atoms with Crippen LogP contribution in [-0.2, 0) is 10.1 Å². The van der Waals surface area contributed by atoms with Crippen molar-refractivity contribution in [1.82, 2.24) is 0 Å². The minimum atomic E-state index is -4.17. The van der Waals surface area contributed by atoms with E-state index in [0.29, 0.717) is 6.42 Å². The maximum atomic E-state index is 11.8. The van der Waals surface area contributed by atoms with Crippen molar-refractivity contribution in [2.45, 2.75) is 147 Å². The molecular weight excluding hydrogens is 370 g/mol. The van der Waals surface area contributed by atoms with Crippen molar-refractivity contribution in [3.05, 3.63) is 0 Å². The Labute approximate surface area is 176 Å². The van der Waals surface area contributed by atoms with Crippen molar-refractivity contribution in [3.8, 4) is 0 Å². The third kappa shape index (κ3) is 11.8. The summed E-state index contributed by atoms with van der Waals surface area (Å²) in [5.74, 6) is 0. The zero-order valence-electron chi connectivity index (χ0n) is 19.3. The highest BCUT2D eigenvalue weighted by molar-refractivity contribution is 7.87. The zero-order valence-corrected chi connectivity index (χ0v) is 20.1. The lowest BCUT2D eigenvalue weighted by Gasteiger charge is -2.38. The van der Waals surface area contributed by atoms with Gasteiger partial charge >= 0.3 is 0 Å². The van der Waals surface area contributed by atoms with Crippen molar-refractivity contribution in [1.29, 1.82) is 0 Å². The second-order valence-corrected chi connectivity index (χ2v) is 11.3. The molecular formula is C23H49NO3S. The quantitative estimate of drug-likeness (QED) is 0.174. The number of hydrogen-bond acceptors (Lipinski definition) is 3. The maximum absolute atomic E-state index is 11.8. The van der Waals surface area contributed by atoms with Crippen LogP contribution in [0, 0.1) is 0 Å². The van der Waals surface area contributed by atoms with Gasteiger partial charge in [0.25, 0.3) is 10.1 Å². The highest BCUT2D eigenvalue weighted by Gasteiger charge is 2.48. The molecule has 0 aromatic rings. The first kappa shape index (κ1) is 27.9. The molecule has 0 rings (SSSR count). The third-order valence-corrected chi connectivity index (χ3v) is 8.31. The fourth-order valence-corrected chi connectivity index (χ4v) is 4.86. The van der Waals surface area contributed by atoms with Crippen LogP contribution in [0.1, 0.15) is 137 Å². The minimum Gasteiger partial charge on any atom is -0.324 e. The highest BCUT2D eigenvalue weighted by Crippen LogP contribution is 2.33. The molecule has 0 amide bonds. The van der Waals surface area contributed by atoms with Gasteiger partial charge in [-0.25, -0.2) is 0 Å². The van der Waals surface area contributed by atoms with E-state index < -0.39 is 20.4 Å². The van der Waals surface area contributed by atoms with E-state index in [-0.39, 0.29) is 0 Å². The second-order valence-electron chi connectivity index (χ2n) is 9.48. The van der Waals surface area contributed by atoms with Crippen molar-refractivity contribution in [3.63, 3.8) is 0 Å². The number of hydrogen-bond donors (Lipinski definition) is 2. The molecule has 0 aromatic carbocycles. The molecule has 0 bridgehead atoms. The summed E-state index contributed by atoms with van der Waals surface area (Å²) in [6.45, 7) is 7.18. The van der Waals surface area contributed by atoms with E-state index in [1.165, 1.54) is 83.5 Å². The lowest BCUT2D eigenvalue weighted by Crippen LogP contribution is -2.58. The number of rotatable bonds is 19. The van der Waals surface area contributed by atoms with Crippen molar-refractivity contribution >= 4 is 10.1 Å². The third-order valence-electron chi connectivity index (χ3n) is 6.44. The Kier molecular flexibility index (Phi) is 14.7. The fourth-order valence-electron chi connectivity index (χ4n) is 3.79. The molecule has 1 unspecified atom stereocenters. The van der Waals surface area contributed by atoms with E-state index in [1.54, 1.807) is 20.8 Å². The molecule has 0 heterocycles. The van der Waals surface area contributed by atoms with E-state index in [2.05, 4.69) is 6.92 Å². The first-order valence-electron chi connectivity index (χ1n) is 11.8. The standard InChI is InChI=1S/C23H49NO3S/c1-5-6-7-8-9-10-11-12-13-14-15-16-17-18-19-20-21-23(4,22(2,3)24)28(25,26)27/h5-21,24H2,1-4H3,(H,25,26,27). The summed E-state index contributed by atoms with van der Waals surface area (Å²) in [6, 6.07) is 0. The van der Waals surface area contributed by atoms with E-state index in [9.17, 15) is 13.0 Å². The molecule has 0 aromatic heterocycles. The smallest absolute Gasteiger partial charge is 0.272 e. The summed E-state index contributed by atoms with van der Waals surface area (Å²) >= 11 is 0. The predicted molar refractivity (Wildman–Crippen MR) is 122 cm³/mol. The van der Waals surface area contributed by atoms with Gasteiger partial charge in [0.15, 0.2) is 0 Å². The second kappa shape index (κ2) is 14.8. The Balaban J connectivity index is 3.58. The van der Waals surface area contributed by atoms with Gasteiger partial charge in [0.2, 0.25) is 0 Å². The van der Waals surface area contributed by atoms with Crippen LogP contribution in [0.25, 0.3) is 0 Å². The molecule has 0 aliphatic rings. The van der Waals surface area contributed by atoms with Gasteiger partial charge < -0.3 is 5.73 Å². The Hall–Kier alpha value is -0.130. The van der Waals surface area contributed by atoms with Crippen molar-refractivity contribution in [2.24, 2.45) is 5.73 Å². The summed E-state index contributed by atoms with van der Waals surface area (Å²) in [5.41, 5.74) is 5.07. The first-order valence-corrected chi connectivity index (χ1v) is 13.3. The lowest BCUT2D eigenvalue weighted by molar-refractivity contribution is 0.307. The maximum Gasteiger partial charge on any atom is 0.272 e. The van der Waals surface area contributed by atoms with Gasteiger partial charge in [-0.05, 0) is 27.2 Å². The average molecular weight is 420 g/mol. The lowest BCUT2D eigenvalue weighted by atomic mass is 9.84. The molecule has 0 saturated heterocycles. The Morgan fingerprint density at radius 2 is 0.929 bits per heavy atom. The topological polar surface area (TPSA) is 80.4 Å². The summed E-state index contributed by atoms with van der Waals surface area (Å²) in [4.78, 5) is 0. The normalized spacial score (nSPS) is 14.9. The van der Waals surface area contributed by atoms with Crippen LogP contribution in [-0.4, -0.2) is 23.3 Å². The van der Waals surface area contributed by atoms with Gasteiger partial charge in [0.1, 0.15) is 4.75 Å². The van der Waals surface area contributed by atoms with Gasteiger partial charge in [-0.2, -0.15) is 8.42 Å². The van der Waals surface area contributed by atoms with Crippen LogP contribution in [0.2, 0.25) is 0 Å². The fraction of sp³-hybridized carbons (Fsp3) is 1.00. The molecule has 0 spiro atoms. The Morgan fingerprint density at radius 1 is 0.643 bits per heavy atom. The molecule has 28 heavy (non-hydrogen) atoms. The molecule has 0 aliphatic heterocycles. The van der Waals surface area contributed by atoms with Crippen LogP contribution in [0.15, 0.2) is 0 Å². The molecule has 170 valence electrons. The SMILES string of the molecule is CCCCCCCCCCCCCCCCCCC(C)(C(C)(C)N)S(=O)(=O)O. The molecule has 1 atom stereocenters. The predicted octanol–water partition coefficient (Wildman–Crippen LogP) is 7.02. The monoisotopic (exact) mass is 419 g/mol. The van der Waals surface area contributed by atoms with Crippen molar-refractivity contribution < 1.29 is 13.0 Å². The number of nitrogens with two attached hydrogens (primary N) is 1. The zero-order chi connectivity index (χ0) is 21.5. The largest absolute Gasteiger partial charge is 0.324 e. The van der Waals surface area contributed by atoms with Gasteiger partial charge in [0.05, 0.1) is 0 Å². The summed E-state index contributed by atoms with van der Waals surface area (Å²) in [6.07, 6.45) is 21.0. The molecule has 0 saturated carbocycles. The summed E-state index contributed by atoms with van der Waals surface area (Å²) in [7, 11) is -4.17. The molecule has 4 nitrogen and oxygen atoms in total. The van der Waals surface area contributed by atoms with Crippen LogP contribution in [0.4, 0.5) is 0 Å². The summed E-state index contributed by atoms with van der Waals surface area (Å²) < 4.78 is 31.8. The Bertz CT molecular complexity index is 471. The molecule has 0 radical (unpaired) electrons. The van der Waals surface area contributed by atoms with E-state index >= 15 is 0 Å². The van der Waals surface area contributed by atoms with Gasteiger partial charge in [-0.1, -0.05) is 110 Å². The first-order chi connectivity index (χ1) is 13.1. The van der Waals surface area contributed by atoms with E-state index in [0.717, 1.165) is 19.3 Å². The van der Waals surface area contributed by atoms with Crippen LogP contribution in [0.3, 0.4) is 0 Å².